The Morgan fingerprint density at radius 1 is 1.21 bits per heavy atom. The van der Waals surface area contributed by atoms with Gasteiger partial charge >= 0.3 is 0 Å². The molecule has 0 amide bonds. The molecule has 0 saturated heterocycles. The molecule has 3 nitrogen and oxygen atoms in total. The molecule has 1 aromatic carbocycles. The minimum Gasteiger partial charge on any atom is -0.492 e. The Morgan fingerprint density at radius 3 is 2.86 bits per heavy atom. The summed E-state index contributed by atoms with van der Waals surface area (Å²) >= 11 is 0. The molecule has 0 N–H and O–H groups in total. The molecule has 0 fully saturated rings. The van der Waals surface area contributed by atoms with E-state index in [1.165, 1.54) is 12.1 Å². The topological polar surface area (TPSA) is 30.8 Å². The van der Waals surface area contributed by atoms with E-state index in [1.54, 1.807) is 19.3 Å². The lowest BCUT2D eigenvalue weighted by molar-refractivity contribution is 0.184. The SMILES string of the molecule is C=C/C=C\C=C(/C)OCC1=CC2C=C(c3ccc(F)cc3COC)C=CC2=N1. The van der Waals surface area contributed by atoms with Crippen LogP contribution in [0.3, 0.4) is 0 Å². The van der Waals surface area contributed by atoms with Crippen LogP contribution in [0.1, 0.15) is 18.1 Å². The van der Waals surface area contributed by atoms with Gasteiger partial charge < -0.3 is 9.47 Å². The molecule has 0 spiro atoms. The zero-order valence-electron chi connectivity index (χ0n) is 16.2. The summed E-state index contributed by atoms with van der Waals surface area (Å²) in [4.78, 5) is 4.65. The first-order valence-electron chi connectivity index (χ1n) is 9.16. The number of allylic oxidation sites excluding steroid dienone is 10. The van der Waals surface area contributed by atoms with Crippen LogP contribution in [0.4, 0.5) is 4.39 Å². The average Bonchev–Trinajstić information content (AvgIpc) is 3.09. The highest BCUT2D eigenvalue weighted by atomic mass is 19.1. The molecule has 4 heteroatoms. The summed E-state index contributed by atoms with van der Waals surface area (Å²) in [5.74, 6) is 0.658. The summed E-state index contributed by atoms with van der Waals surface area (Å²) < 4.78 is 24.6. The fourth-order valence-corrected chi connectivity index (χ4v) is 3.16. The first-order chi connectivity index (χ1) is 13.6. The smallest absolute Gasteiger partial charge is 0.129 e. The molecular formula is C24H24FNO2. The van der Waals surface area contributed by atoms with E-state index >= 15 is 0 Å². The summed E-state index contributed by atoms with van der Waals surface area (Å²) in [5, 5.41) is 0. The molecule has 0 bridgehead atoms. The second-order valence-corrected chi connectivity index (χ2v) is 6.60. The first kappa shape index (κ1) is 19.8. The maximum absolute atomic E-state index is 13.6. The Morgan fingerprint density at radius 2 is 2.07 bits per heavy atom. The van der Waals surface area contributed by atoms with Crippen molar-refractivity contribution in [1.29, 1.82) is 0 Å². The van der Waals surface area contributed by atoms with Crippen molar-refractivity contribution in [2.24, 2.45) is 10.9 Å². The van der Waals surface area contributed by atoms with Gasteiger partial charge in [0.1, 0.15) is 12.4 Å². The number of methoxy groups -OCH3 is 1. The van der Waals surface area contributed by atoms with Crippen molar-refractivity contribution in [2.45, 2.75) is 13.5 Å². The quantitative estimate of drug-likeness (QED) is 0.440. The van der Waals surface area contributed by atoms with E-state index < -0.39 is 0 Å². The predicted molar refractivity (Wildman–Crippen MR) is 112 cm³/mol. The Hall–Kier alpha value is -2.98. The van der Waals surface area contributed by atoms with Gasteiger partial charge in [0.05, 0.1) is 23.8 Å². The number of aliphatic imine (C=N–C) groups is 1. The summed E-state index contributed by atoms with van der Waals surface area (Å²) in [7, 11) is 1.61. The number of hydrogen-bond acceptors (Lipinski definition) is 3. The van der Waals surface area contributed by atoms with E-state index in [9.17, 15) is 4.39 Å². The first-order valence-corrected chi connectivity index (χ1v) is 9.16. The van der Waals surface area contributed by atoms with E-state index in [0.717, 1.165) is 33.9 Å². The van der Waals surface area contributed by atoms with Crippen LogP contribution < -0.4 is 0 Å². The molecule has 1 aliphatic carbocycles. The van der Waals surface area contributed by atoms with Crippen molar-refractivity contribution in [3.05, 3.63) is 102 Å². The highest BCUT2D eigenvalue weighted by Gasteiger charge is 2.22. The fourth-order valence-electron chi connectivity index (χ4n) is 3.16. The zero-order valence-corrected chi connectivity index (χ0v) is 16.2. The molecule has 1 unspecified atom stereocenters. The normalized spacial score (nSPS) is 18.6. The monoisotopic (exact) mass is 377 g/mol. The van der Waals surface area contributed by atoms with Crippen molar-refractivity contribution >= 4 is 11.3 Å². The Bertz CT molecular complexity index is 932. The van der Waals surface area contributed by atoms with Gasteiger partial charge in [-0.2, -0.15) is 0 Å². The molecule has 0 aromatic heterocycles. The lowest BCUT2D eigenvalue weighted by Crippen LogP contribution is -2.08. The van der Waals surface area contributed by atoms with Gasteiger partial charge in [-0.1, -0.05) is 43.0 Å². The van der Waals surface area contributed by atoms with Gasteiger partial charge in [-0.25, -0.2) is 4.39 Å². The van der Waals surface area contributed by atoms with Gasteiger partial charge in [-0.05, 0) is 54.0 Å². The number of ether oxygens (including phenoxy) is 2. The zero-order chi connectivity index (χ0) is 19.9. The minimum atomic E-state index is -0.259. The third kappa shape index (κ3) is 4.84. The van der Waals surface area contributed by atoms with Gasteiger partial charge in [0.15, 0.2) is 0 Å². The van der Waals surface area contributed by atoms with Crippen LogP contribution in [0, 0.1) is 11.7 Å². The summed E-state index contributed by atoms with van der Waals surface area (Å²) in [5.41, 5.74) is 4.74. The Labute approximate surface area is 165 Å². The molecule has 2 aliphatic rings. The number of fused-ring (bicyclic) bond motifs is 1. The van der Waals surface area contributed by atoms with E-state index in [-0.39, 0.29) is 11.7 Å². The minimum absolute atomic E-state index is 0.101. The van der Waals surface area contributed by atoms with Crippen molar-refractivity contribution in [3.8, 4) is 0 Å². The van der Waals surface area contributed by atoms with Crippen molar-refractivity contribution in [3.63, 3.8) is 0 Å². The maximum atomic E-state index is 13.6. The molecule has 1 heterocycles. The standard InChI is InChI=1S/C24H24FNO2/c1-4-5-6-7-17(2)28-16-22-14-19-12-18(8-11-24(19)26-22)23-10-9-21(25)13-20(23)15-27-3/h4-14,19H,1,15-16H2,2-3H3/b6-5-,17-7+. The van der Waals surface area contributed by atoms with Gasteiger partial charge in [-0.15, -0.1) is 0 Å². The highest BCUT2D eigenvalue weighted by molar-refractivity contribution is 6.06. The second-order valence-electron chi connectivity index (χ2n) is 6.60. The second kappa shape index (κ2) is 9.29. The van der Waals surface area contributed by atoms with Crippen molar-refractivity contribution in [2.75, 3.05) is 13.7 Å². The van der Waals surface area contributed by atoms with Crippen LogP contribution in [0.25, 0.3) is 5.57 Å². The lowest BCUT2D eigenvalue weighted by atomic mass is 9.89. The number of rotatable bonds is 8. The highest BCUT2D eigenvalue weighted by Crippen LogP contribution is 2.31. The molecule has 1 atom stereocenters. The molecule has 1 aromatic rings. The third-order valence-electron chi connectivity index (χ3n) is 4.48. The van der Waals surface area contributed by atoms with Gasteiger partial charge in [-0.3, -0.25) is 4.99 Å². The van der Waals surface area contributed by atoms with E-state index in [0.29, 0.717) is 13.2 Å². The largest absolute Gasteiger partial charge is 0.492 e. The lowest BCUT2D eigenvalue weighted by Gasteiger charge is -2.16. The molecule has 28 heavy (non-hydrogen) atoms. The van der Waals surface area contributed by atoms with Crippen molar-refractivity contribution in [1.82, 2.24) is 0 Å². The average molecular weight is 377 g/mol. The molecule has 3 rings (SSSR count). The number of hydrogen-bond donors (Lipinski definition) is 0. The fraction of sp³-hybridized carbons (Fsp3) is 0.208. The van der Waals surface area contributed by atoms with Crippen LogP contribution in [0.15, 0.2) is 89.8 Å². The number of halogens is 1. The maximum Gasteiger partial charge on any atom is 0.129 e. The van der Waals surface area contributed by atoms with Crippen LogP contribution in [0.5, 0.6) is 0 Å². The Kier molecular flexibility index (Phi) is 6.56. The summed E-state index contributed by atoms with van der Waals surface area (Å²) in [6, 6.07) is 4.80. The van der Waals surface area contributed by atoms with Gasteiger partial charge in [0.25, 0.3) is 0 Å². The van der Waals surface area contributed by atoms with Crippen LogP contribution in [-0.4, -0.2) is 19.4 Å². The van der Waals surface area contributed by atoms with E-state index in [2.05, 4.69) is 23.7 Å². The van der Waals surface area contributed by atoms with Crippen LogP contribution in [-0.2, 0) is 16.1 Å². The third-order valence-corrected chi connectivity index (χ3v) is 4.48. The molecular weight excluding hydrogens is 353 g/mol. The molecule has 144 valence electrons. The van der Waals surface area contributed by atoms with Crippen LogP contribution in [0.2, 0.25) is 0 Å². The molecule has 0 saturated carbocycles. The summed E-state index contributed by atoms with van der Waals surface area (Å²) in [6.45, 7) is 6.33. The van der Waals surface area contributed by atoms with Gasteiger partial charge in [0.2, 0.25) is 0 Å². The van der Waals surface area contributed by atoms with Crippen molar-refractivity contribution < 1.29 is 13.9 Å². The summed E-state index contributed by atoms with van der Waals surface area (Å²) in [6.07, 6.45) is 15.6. The number of benzene rings is 1. The van der Waals surface area contributed by atoms with E-state index in [4.69, 9.17) is 9.47 Å². The predicted octanol–water partition coefficient (Wildman–Crippen LogP) is 5.54. The Balaban J connectivity index is 1.74. The molecule has 1 aliphatic heterocycles. The van der Waals surface area contributed by atoms with Gasteiger partial charge in [0, 0.05) is 13.0 Å². The van der Waals surface area contributed by atoms with Crippen LogP contribution >= 0.6 is 0 Å². The van der Waals surface area contributed by atoms with E-state index in [1.807, 2.05) is 37.3 Å². The number of nitrogens with zero attached hydrogens (tertiary/aromatic N) is 1. The molecule has 0 radical (unpaired) electrons.